The van der Waals surface area contributed by atoms with Crippen molar-refractivity contribution in [1.29, 1.82) is 0 Å². The van der Waals surface area contributed by atoms with E-state index in [-0.39, 0.29) is 5.91 Å². The van der Waals surface area contributed by atoms with Crippen molar-refractivity contribution in [3.05, 3.63) is 63.6 Å². The monoisotopic (exact) mass is 329 g/mol. The summed E-state index contributed by atoms with van der Waals surface area (Å²) in [5.41, 5.74) is 4.14. The zero-order valence-corrected chi connectivity index (χ0v) is 13.1. The molecule has 0 atom stereocenters. The third kappa shape index (κ3) is 2.27. The molecular weight excluding hydrogens is 314 g/mol. The van der Waals surface area contributed by atoms with Gasteiger partial charge in [0.1, 0.15) is 0 Å². The predicted molar refractivity (Wildman–Crippen MR) is 85.2 cm³/mol. The van der Waals surface area contributed by atoms with Crippen LogP contribution >= 0.6 is 15.9 Å². The third-order valence-electron chi connectivity index (χ3n) is 3.75. The highest BCUT2D eigenvalue weighted by Crippen LogP contribution is 2.30. The molecular formula is C17H16BrNO. The molecule has 0 unspecified atom stereocenters. The number of anilines is 1. The van der Waals surface area contributed by atoms with Crippen LogP contribution in [0.5, 0.6) is 0 Å². The summed E-state index contributed by atoms with van der Waals surface area (Å²) in [5.74, 6) is 0.588. The molecule has 3 rings (SSSR count). The van der Waals surface area contributed by atoms with Gasteiger partial charge in [0.2, 0.25) is 0 Å². The molecule has 0 aliphatic carbocycles. The predicted octanol–water partition coefficient (Wildman–Crippen LogP) is 4.73. The van der Waals surface area contributed by atoms with Gasteiger partial charge in [-0.05, 0) is 41.3 Å². The van der Waals surface area contributed by atoms with E-state index in [0.29, 0.717) is 12.5 Å². The molecule has 0 spiro atoms. The summed E-state index contributed by atoms with van der Waals surface area (Å²) < 4.78 is 0.946. The molecule has 0 bridgehead atoms. The smallest absolute Gasteiger partial charge is 0.258 e. The normalized spacial score (nSPS) is 14.0. The van der Waals surface area contributed by atoms with Crippen molar-refractivity contribution in [3.63, 3.8) is 0 Å². The van der Waals surface area contributed by atoms with Gasteiger partial charge in [-0.25, -0.2) is 0 Å². The van der Waals surface area contributed by atoms with E-state index >= 15 is 0 Å². The van der Waals surface area contributed by atoms with Crippen LogP contribution in [0.2, 0.25) is 0 Å². The molecule has 1 heterocycles. The molecule has 0 N–H and O–H groups in total. The van der Waals surface area contributed by atoms with Gasteiger partial charge < -0.3 is 4.90 Å². The van der Waals surface area contributed by atoms with Gasteiger partial charge in [-0.2, -0.15) is 0 Å². The Morgan fingerprint density at radius 2 is 1.80 bits per heavy atom. The minimum Gasteiger partial charge on any atom is -0.304 e. The number of carbonyl (C=O) groups is 1. The molecule has 0 fully saturated rings. The summed E-state index contributed by atoms with van der Waals surface area (Å²) >= 11 is 3.42. The Kier molecular flexibility index (Phi) is 3.38. The van der Waals surface area contributed by atoms with E-state index in [4.69, 9.17) is 0 Å². The average molecular weight is 330 g/mol. The van der Waals surface area contributed by atoms with Crippen LogP contribution in [0.25, 0.3) is 0 Å². The van der Waals surface area contributed by atoms with Crippen molar-refractivity contribution in [3.8, 4) is 0 Å². The highest BCUT2D eigenvalue weighted by molar-refractivity contribution is 9.10. The first-order chi connectivity index (χ1) is 9.56. The molecule has 0 radical (unpaired) electrons. The molecule has 20 heavy (non-hydrogen) atoms. The highest BCUT2D eigenvalue weighted by Gasteiger charge is 2.28. The lowest BCUT2D eigenvalue weighted by atomic mass is 10.0. The second-order valence-electron chi connectivity index (χ2n) is 5.44. The van der Waals surface area contributed by atoms with Gasteiger partial charge in [0.15, 0.2) is 0 Å². The van der Waals surface area contributed by atoms with Crippen LogP contribution in [-0.2, 0) is 6.54 Å². The molecule has 1 aliphatic heterocycles. The quantitative estimate of drug-likeness (QED) is 0.779. The molecule has 0 aromatic heterocycles. The van der Waals surface area contributed by atoms with E-state index < -0.39 is 0 Å². The lowest BCUT2D eigenvalue weighted by molar-refractivity contribution is 0.0996. The zero-order chi connectivity index (χ0) is 14.3. The van der Waals surface area contributed by atoms with Gasteiger partial charge in [-0.3, -0.25) is 4.79 Å². The van der Waals surface area contributed by atoms with Crippen LogP contribution in [0.15, 0.2) is 46.9 Å². The van der Waals surface area contributed by atoms with Crippen LogP contribution in [-0.4, -0.2) is 5.91 Å². The molecule has 102 valence electrons. The number of fused-ring (bicyclic) bond motifs is 1. The molecule has 1 amide bonds. The zero-order valence-electron chi connectivity index (χ0n) is 11.6. The summed E-state index contributed by atoms with van der Waals surface area (Å²) in [6.07, 6.45) is 0. The van der Waals surface area contributed by atoms with Crippen molar-refractivity contribution < 1.29 is 4.79 Å². The van der Waals surface area contributed by atoms with Crippen LogP contribution in [0.4, 0.5) is 5.69 Å². The topological polar surface area (TPSA) is 20.3 Å². The standard InChI is InChI=1S/C17H16BrNO/c1-11(2)12-4-7-15(8-5-12)19-10-13-3-6-14(18)9-16(13)17(19)20/h3-9,11H,10H2,1-2H3. The lowest BCUT2D eigenvalue weighted by Gasteiger charge is -2.16. The van der Waals surface area contributed by atoms with Gasteiger partial charge in [-0.15, -0.1) is 0 Å². The maximum absolute atomic E-state index is 12.5. The first-order valence-electron chi connectivity index (χ1n) is 6.76. The SMILES string of the molecule is CC(C)c1ccc(N2Cc3ccc(Br)cc3C2=O)cc1. The van der Waals surface area contributed by atoms with Crippen LogP contribution in [0, 0.1) is 0 Å². The van der Waals surface area contributed by atoms with Crippen molar-refractivity contribution >= 4 is 27.5 Å². The molecule has 2 aromatic carbocycles. The molecule has 0 saturated heterocycles. The molecule has 3 heteroatoms. The van der Waals surface area contributed by atoms with Crippen molar-refractivity contribution in [1.82, 2.24) is 0 Å². The summed E-state index contributed by atoms with van der Waals surface area (Å²) in [7, 11) is 0. The number of hydrogen-bond acceptors (Lipinski definition) is 1. The Bertz CT molecular complexity index is 661. The number of carbonyl (C=O) groups excluding carboxylic acids is 1. The van der Waals surface area contributed by atoms with Gasteiger partial charge >= 0.3 is 0 Å². The molecule has 0 saturated carbocycles. The summed E-state index contributed by atoms with van der Waals surface area (Å²) in [6, 6.07) is 14.2. The van der Waals surface area contributed by atoms with E-state index in [1.165, 1.54) is 5.56 Å². The van der Waals surface area contributed by atoms with Crippen LogP contribution < -0.4 is 4.90 Å². The first kappa shape index (κ1) is 13.4. The minimum atomic E-state index is 0.0820. The first-order valence-corrected chi connectivity index (χ1v) is 7.56. The van der Waals surface area contributed by atoms with Gasteiger partial charge in [-0.1, -0.05) is 48.0 Å². The van der Waals surface area contributed by atoms with E-state index in [9.17, 15) is 4.79 Å². The Morgan fingerprint density at radius 3 is 2.45 bits per heavy atom. The summed E-state index contributed by atoms with van der Waals surface area (Å²) in [6.45, 7) is 5.00. The largest absolute Gasteiger partial charge is 0.304 e. The Labute approximate surface area is 127 Å². The third-order valence-corrected chi connectivity index (χ3v) is 4.24. The van der Waals surface area contributed by atoms with Gasteiger partial charge in [0, 0.05) is 15.7 Å². The Balaban J connectivity index is 1.92. The van der Waals surface area contributed by atoms with E-state index in [1.54, 1.807) is 0 Å². The van der Waals surface area contributed by atoms with Gasteiger partial charge in [0.25, 0.3) is 5.91 Å². The number of nitrogens with zero attached hydrogens (tertiary/aromatic N) is 1. The maximum Gasteiger partial charge on any atom is 0.258 e. The van der Waals surface area contributed by atoms with Crippen LogP contribution in [0.1, 0.15) is 41.3 Å². The van der Waals surface area contributed by atoms with E-state index in [1.807, 2.05) is 35.2 Å². The number of rotatable bonds is 2. The van der Waals surface area contributed by atoms with Crippen molar-refractivity contribution in [2.24, 2.45) is 0 Å². The number of amides is 1. The highest BCUT2D eigenvalue weighted by atomic mass is 79.9. The Morgan fingerprint density at radius 1 is 1.10 bits per heavy atom. The van der Waals surface area contributed by atoms with Crippen molar-refractivity contribution in [2.75, 3.05) is 4.90 Å². The summed E-state index contributed by atoms with van der Waals surface area (Å²) in [5, 5.41) is 0. The molecule has 1 aliphatic rings. The number of halogens is 1. The lowest BCUT2D eigenvalue weighted by Crippen LogP contribution is -2.22. The average Bonchev–Trinajstić information content (AvgIpc) is 2.76. The number of hydrogen-bond donors (Lipinski definition) is 0. The minimum absolute atomic E-state index is 0.0820. The second kappa shape index (κ2) is 5.06. The fourth-order valence-electron chi connectivity index (χ4n) is 2.52. The summed E-state index contributed by atoms with van der Waals surface area (Å²) in [4.78, 5) is 14.3. The molecule has 2 nitrogen and oxygen atoms in total. The molecule has 2 aromatic rings. The fraction of sp³-hybridized carbons (Fsp3) is 0.235. The van der Waals surface area contributed by atoms with E-state index in [2.05, 4.69) is 41.9 Å². The van der Waals surface area contributed by atoms with Crippen molar-refractivity contribution in [2.45, 2.75) is 26.3 Å². The fourth-order valence-corrected chi connectivity index (χ4v) is 2.88. The maximum atomic E-state index is 12.5. The second-order valence-corrected chi connectivity index (χ2v) is 6.35. The Hall–Kier alpha value is -1.61. The number of benzene rings is 2. The van der Waals surface area contributed by atoms with E-state index in [0.717, 1.165) is 21.3 Å². The van der Waals surface area contributed by atoms with Gasteiger partial charge in [0.05, 0.1) is 6.54 Å². The van der Waals surface area contributed by atoms with Crippen LogP contribution in [0.3, 0.4) is 0 Å².